The molecule has 4 heteroatoms. The Balaban J connectivity index is 2.82. The maximum atomic E-state index is 12.4. The third-order valence-electron chi connectivity index (χ3n) is 3.33. The van der Waals surface area contributed by atoms with Crippen LogP contribution < -0.4 is 0 Å². The lowest BCUT2D eigenvalue weighted by Gasteiger charge is -2.33. The highest BCUT2D eigenvalue weighted by Gasteiger charge is 2.44. The number of rotatable bonds is 4. The fourth-order valence-corrected chi connectivity index (χ4v) is 2.45. The van der Waals surface area contributed by atoms with Gasteiger partial charge in [0.2, 0.25) is 5.91 Å². The van der Waals surface area contributed by atoms with E-state index in [-0.39, 0.29) is 12.5 Å². The number of carbonyl (C=O) groups is 1. The van der Waals surface area contributed by atoms with Crippen molar-refractivity contribution in [1.29, 1.82) is 5.26 Å². The van der Waals surface area contributed by atoms with E-state index in [1.807, 2.05) is 6.92 Å². The lowest BCUT2D eigenvalue weighted by atomic mass is 9.86. The van der Waals surface area contributed by atoms with Gasteiger partial charge in [-0.1, -0.05) is 12.8 Å². The molecule has 0 heterocycles. The molecule has 0 saturated heterocycles. The van der Waals surface area contributed by atoms with Gasteiger partial charge < -0.3 is 10.0 Å². The molecule has 0 aromatic heterocycles. The van der Waals surface area contributed by atoms with E-state index in [1.165, 1.54) is 0 Å². The van der Waals surface area contributed by atoms with E-state index in [0.717, 1.165) is 12.8 Å². The van der Waals surface area contributed by atoms with E-state index in [9.17, 15) is 15.2 Å². The lowest BCUT2D eigenvalue weighted by Crippen LogP contribution is -2.47. The first-order chi connectivity index (χ1) is 7.84. The monoisotopic (exact) mass is 238 g/mol. The highest BCUT2D eigenvalue weighted by molar-refractivity contribution is 5.85. The zero-order valence-corrected chi connectivity index (χ0v) is 11.0. The zero-order valence-electron chi connectivity index (χ0n) is 11.0. The van der Waals surface area contributed by atoms with Gasteiger partial charge in [0, 0.05) is 13.1 Å². The maximum Gasteiger partial charge on any atom is 0.243 e. The summed E-state index contributed by atoms with van der Waals surface area (Å²) in [4.78, 5) is 14.0. The molecule has 0 spiro atoms. The van der Waals surface area contributed by atoms with Crippen molar-refractivity contribution in [2.45, 2.75) is 52.1 Å². The Morgan fingerprint density at radius 3 is 2.35 bits per heavy atom. The number of hydrogen-bond acceptors (Lipinski definition) is 3. The molecule has 1 saturated carbocycles. The van der Waals surface area contributed by atoms with Crippen molar-refractivity contribution < 1.29 is 9.90 Å². The van der Waals surface area contributed by atoms with Crippen LogP contribution in [-0.4, -0.2) is 34.6 Å². The second-order valence-corrected chi connectivity index (χ2v) is 5.53. The summed E-state index contributed by atoms with van der Waals surface area (Å²) in [5.41, 5.74) is -1.75. The summed E-state index contributed by atoms with van der Waals surface area (Å²) in [5, 5.41) is 19.1. The molecule has 1 N–H and O–H groups in total. The molecule has 1 aliphatic carbocycles. The fraction of sp³-hybridized carbons (Fsp3) is 0.846. The summed E-state index contributed by atoms with van der Waals surface area (Å²) in [6.07, 6.45) is 3.20. The van der Waals surface area contributed by atoms with Crippen molar-refractivity contribution in [3.8, 4) is 6.07 Å². The first kappa shape index (κ1) is 14.0. The van der Waals surface area contributed by atoms with Gasteiger partial charge in [0.05, 0.1) is 11.7 Å². The van der Waals surface area contributed by atoms with Crippen LogP contribution in [0, 0.1) is 16.7 Å². The van der Waals surface area contributed by atoms with Crippen LogP contribution in [0.5, 0.6) is 0 Å². The van der Waals surface area contributed by atoms with Crippen LogP contribution in [-0.2, 0) is 4.79 Å². The van der Waals surface area contributed by atoms with Crippen LogP contribution in [0.2, 0.25) is 0 Å². The van der Waals surface area contributed by atoms with Gasteiger partial charge in [0.1, 0.15) is 5.41 Å². The molecule has 96 valence electrons. The van der Waals surface area contributed by atoms with Crippen LogP contribution >= 0.6 is 0 Å². The van der Waals surface area contributed by atoms with Crippen LogP contribution in [0.3, 0.4) is 0 Å². The van der Waals surface area contributed by atoms with Gasteiger partial charge in [-0.3, -0.25) is 4.79 Å². The first-order valence-electron chi connectivity index (χ1n) is 6.28. The molecule has 0 aromatic carbocycles. The number of amides is 1. The summed E-state index contributed by atoms with van der Waals surface area (Å²) in [7, 11) is 0. The minimum Gasteiger partial charge on any atom is -0.389 e. The third kappa shape index (κ3) is 3.19. The topological polar surface area (TPSA) is 64.3 Å². The summed E-state index contributed by atoms with van der Waals surface area (Å²) in [6.45, 7) is 6.05. The quantitative estimate of drug-likeness (QED) is 0.810. The van der Waals surface area contributed by atoms with Crippen LogP contribution in [0.25, 0.3) is 0 Å². The molecule has 0 radical (unpaired) electrons. The predicted octanol–water partition coefficient (Wildman–Crippen LogP) is 1.69. The Bertz CT molecular complexity index is 319. The lowest BCUT2D eigenvalue weighted by molar-refractivity contribution is -0.141. The Kier molecular flexibility index (Phi) is 4.16. The second-order valence-electron chi connectivity index (χ2n) is 5.53. The van der Waals surface area contributed by atoms with Gasteiger partial charge >= 0.3 is 0 Å². The average Bonchev–Trinajstić information content (AvgIpc) is 2.73. The number of nitrogens with zero attached hydrogens (tertiary/aromatic N) is 2. The normalized spacial score (nSPS) is 18.8. The van der Waals surface area contributed by atoms with E-state index in [0.29, 0.717) is 19.4 Å². The summed E-state index contributed by atoms with van der Waals surface area (Å²) >= 11 is 0. The molecule has 0 atom stereocenters. The largest absolute Gasteiger partial charge is 0.389 e. The number of hydrogen-bond donors (Lipinski definition) is 1. The molecule has 0 unspecified atom stereocenters. The van der Waals surface area contributed by atoms with Crippen molar-refractivity contribution in [2.75, 3.05) is 13.1 Å². The Morgan fingerprint density at radius 1 is 1.47 bits per heavy atom. The van der Waals surface area contributed by atoms with Crippen LogP contribution in [0.4, 0.5) is 0 Å². The van der Waals surface area contributed by atoms with E-state index in [4.69, 9.17) is 0 Å². The van der Waals surface area contributed by atoms with E-state index >= 15 is 0 Å². The fourth-order valence-electron chi connectivity index (χ4n) is 2.45. The molecule has 1 rings (SSSR count). The summed E-state index contributed by atoms with van der Waals surface area (Å²) in [6, 6.07) is 2.20. The Morgan fingerprint density at radius 2 is 2.00 bits per heavy atom. The molecule has 0 aromatic rings. The average molecular weight is 238 g/mol. The van der Waals surface area contributed by atoms with Gasteiger partial charge in [-0.15, -0.1) is 0 Å². The molecular formula is C13H22N2O2. The molecule has 0 aliphatic heterocycles. The van der Waals surface area contributed by atoms with E-state index < -0.39 is 11.0 Å². The SMILES string of the molecule is CCN(CC(C)(C)O)C(=O)C1(C#N)CCCC1. The van der Waals surface area contributed by atoms with Gasteiger partial charge in [-0.25, -0.2) is 0 Å². The van der Waals surface area contributed by atoms with E-state index in [1.54, 1.807) is 18.7 Å². The Labute approximate surface area is 103 Å². The standard InChI is InChI=1S/C13H22N2O2/c1-4-15(10-12(2,3)17)11(16)13(9-14)7-5-6-8-13/h17H,4-8,10H2,1-3H3. The number of carbonyl (C=O) groups excluding carboxylic acids is 1. The smallest absolute Gasteiger partial charge is 0.243 e. The van der Waals surface area contributed by atoms with Crippen molar-refractivity contribution in [3.05, 3.63) is 0 Å². The first-order valence-corrected chi connectivity index (χ1v) is 6.28. The molecular weight excluding hydrogens is 216 g/mol. The van der Waals surface area contributed by atoms with Crippen LogP contribution in [0.15, 0.2) is 0 Å². The van der Waals surface area contributed by atoms with Gasteiger partial charge in [0.15, 0.2) is 0 Å². The molecule has 1 amide bonds. The molecule has 17 heavy (non-hydrogen) atoms. The summed E-state index contributed by atoms with van der Waals surface area (Å²) < 4.78 is 0. The summed E-state index contributed by atoms with van der Waals surface area (Å²) in [5.74, 6) is -0.109. The highest BCUT2D eigenvalue weighted by atomic mass is 16.3. The minimum absolute atomic E-state index is 0.109. The zero-order chi connectivity index (χ0) is 13.1. The highest BCUT2D eigenvalue weighted by Crippen LogP contribution is 2.39. The van der Waals surface area contributed by atoms with Crippen LogP contribution in [0.1, 0.15) is 46.5 Å². The second kappa shape index (κ2) is 5.05. The third-order valence-corrected chi connectivity index (χ3v) is 3.33. The van der Waals surface area contributed by atoms with E-state index in [2.05, 4.69) is 6.07 Å². The van der Waals surface area contributed by atoms with Gasteiger partial charge in [0.25, 0.3) is 0 Å². The molecule has 1 fully saturated rings. The number of nitriles is 1. The van der Waals surface area contributed by atoms with Crippen molar-refractivity contribution in [1.82, 2.24) is 4.90 Å². The van der Waals surface area contributed by atoms with Crippen molar-refractivity contribution in [2.24, 2.45) is 5.41 Å². The number of likely N-dealkylation sites (N-methyl/N-ethyl adjacent to an activating group) is 1. The molecule has 4 nitrogen and oxygen atoms in total. The van der Waals surface area contributed by atoms with Gasteiger partial charge in [-0.2, -0.15) is 5.26 Å². The molecule has 1 aliphatic rings. The molecule has 0 bridgehead atoms. The predicted molar refractivity (Wildman–Crippen MR) is 65.1 cm³/mol. The van der Waals surface area contributed by atoms with Crippen molar-refractivity contribution >= 4 is 5.91 Å². The maximum absolute atomic E-state index is 12.4. The van der Waals surface area contributed by atoms with Crippen molar-refractivity contribution in [3.63, 3.8) is 0 Å². The Hall–Kier alpha value is -1.08. The minimum atomic E-state index is -0.916. The number of aliphatic hydroxyl groups is 1. The van der Waals surface area contributed by atoms with Gasteiger partial charge in [-0.05, 0) is 33.6 Å².